The third-order valence-electron chi connectivity index (χ3n) is 4.33. The summed E-state index contributed by atoms with van der Waals surface area (Å²) in [6.07, 6.45) is 5.56. The Kier molecular flexibility index (Phi) is 4.61. The van der Waals surface area contributed by atoms with Gasteiger partial charge in [-0.3, -0.25) is 0 Å². The molecule has 19 heavy (non-hydrogen) atoms. The van der Waals surface area contributed by atoms with Crippen LogP contribution in [0.1, 0.15) is 37.3 Å². The largest absolute Gasteiger partial charge is 0.304 e. The van der Waals surface area contributed by atoms with Gasteiger partial charge in [0.05, 0.1) is 11.5 Å². The number of likely N-dealkylation sites (N-methyl/N-ethyl adjacent to an activating group) is 1. The standard InChI is InChI=1S/C17H24N2/c1-3-15-5-7-16(8-6-15)9-12-19(2)14-17(13-18)10-4-11-17/h5-8H,3-4,9-12,14H2,1-2H3. The van der Waals surface area contributed by atoms with Crippen molar-refractivity contribution in [1.82, 2.24) is 4.90 Å². The molecular formula is C17H24N2. The number of nitrogens with zero attached hydrogens (tertiary/aromatic N) is 2. The van der Waals surface area contributed by atoms with E-state index in [1.54, 1.807) is 0 Å². The van der Waals surface area contributed by atoms with E-state index in [1.165, 1.54) is 17.5 Å². The Labute approximate surface area is 117 Å². The molecule has 0 atom stereocenters. The van der Waals surface area contributed by atoms with E-state index in [1.807, 2.05) is 0 Å². The molecule has 1 fully saturated rings. The fourth-order valence-corrected chi connectivity index (χ4v) is 2.77. The molecule has 0 radical (unpaired) electrons. The lowest BCUT2D eigenvalue weighted by Gasteiger charge is -2.38. The van der Waals surface area contributed by atoms with Crippen LogP contribution in [-0.2, 0) is 12.8 Å². The van der Waals surface area contributed by atoms with Crippen LogP contribution in [0.2, 0.25) is 0 Å². The molecule has 0 N–H and O–H groups in total. The van der Waals surface area contributed by atoms with Crippen molar-refractivity contribution in [2.75, 3.05) is 20.1 Å². The molecule has 0 amide bonds. The van der Waals surface area contributed by atoms with Crippen LogP contribution >= 0.6 is 0 Å². The number of nitriles is 1. The number of benzene rings is 1. The molecule has 2 heteroatoms. The van der Waals surface area contributed by atoms with Crippen molar-refractivity contribution in [3.8, 4) is 6.07 Å². The van der Waals surface area contributed by atoms with E-state index in [2.05, 4.69) is 49.2 Å². The van der Waals surface area contributed by atoms with Gasteiger partial charge in [0.2, 0.25) is 0 Å². The molecule has 1 aromatic rings. The lowest BCUT2D eigenvalue weighted by molar-refractivity contribution is 0.139. The van der Waals surface area contributed by atoms with Gasteiger partial charge in [-0.25, -0.2) is 0 Å². The summed E-state index contributed by atoms with van der Waals surface area (Å²) in [6.45, 7) is 4.15. The summed E-state index contributed by atoms with van der Waals surface area (Å²) >= 11 is 0. The Morgan fingerprint density at radius 1 is 1.21 bits per heavy atom. The summed E-state index contributed by atoms with van der Waals surface area (Å²) in [6, 6.07) is 11.4. The van der Waals surface area contributed by atoms with Crippen LogP contribution in [0.5, 0.6) is 0 Å². The third kappa shape index (κ3) is 3.58. The van der Waals surface area contributed by atoms with Crippen molar-refractivity contribution in [2.24, 2.45) is 5.41 Å². The van der Waals surface area contributed by atoms with E-state index in [-0.39, 0.29) is 5.41 Å². The molecule has 1 saturated carbocycles. The topological polar surface area (TPSA) is 27.0 Å². The first kappa shape index (κ1) is 14.1. The van der Waals surface area contributed by atoms with Crippen LogP contribution in [0.15, 0.2) is 24.3 Å². The molecule has 0 aliphatic heterocycles. The predicted molar refractivity (Wildman–Crippen MR) is 78.9 cm³/mol. The van der Waals surface area contributed by atoms with E-state index in [0.717, 1.165) is 38.8 Å². The van der Waals surface area contributed by atoms with Crippen LogP contribution < -0.4 is 0 Å². The zero-order chi connectivity index (χ0) is 13.7. The highest BCUT2D eigenvalue weighted by atomic mass is 15.1. The van der Waals surface area contributed by atoms with Gasteiger partial charge in [-0.15, -0.1) is 0 Å². The number of hydrogen-bond acceptors (Lipinski definition) is 2. The Bertz CT molecular complexity index is 437. The molecule has 0 spiro atoms. The van der Waals surface area contributed by atoms with Crippen molar-refractivity contribution in [1.29, 1.82) is 5.26 Å². The van der Waals surface area contributed by atoms with Gasteiger partial charge in [0.25, 0.3) is 0 Å². The number of aryl methyl sites for hydroxylation is 1. The zero-order valence-corrected chi connectivity index (χ0v) is 12.2. The van der Waals surface area contributed by atoms with E-state index >= 15 is 0 Å². The monoisotopic (exact) mass is 256 g/mol. The molecule has 0 heterocycles. The highest BCUT2D eigenvalue weighted by Crippen LogP contribution is 2.40. The lowest BCUT2D eigenvalue weighted by atomic mass is 9.69. The lowest BCUT2D eigenvalue weighted by Crippen LogP contribution is -2.40. The molecule has 0 unspecified atom stereocenters. The summed E-state index contributed by atoms with van der Waals surface area (Å²) in [7, 11) is 2.14. The SMILES string of the molecule is CCc1ccc(CCN(C)CC2(C#N)CCC2)cc1. The van der Waals surface area contributed by atoms with Gasteiger partial charge in [-0.2, -0.15) is 5.26 Å². The third-order valence-corrected chi connectivity index (χ3v) is 4.33. The first-order valence-electron chi connectivity index (χ1n) is 7.35. The zero-order valence-electron chi connectivity index (χ0n) is 12.2. The summed E-state index contributed by atoms with van der Waals surface area (Å²) in [5.41, 5.74) is 2.75. The molecule has 1 aromatic carbocycles. The Balaban J connectivity index is 1.79. The van der Waals surface area contributed by atoms with E-state index in [0.29, 0.717) is 0 Å². The maximum Gasteiger partial charge on any atom is 0.0703 e. The van der Waals surface area contributed by atoms with Gasteiger partial charge >= 0.3 is 0 Å². The average Bonchev–Trinajstić information content (AvgIpc) is 2.41. The van der Waals surface area contributed by atoms with Crippen molar-refractivity contribution in [3.63, 3.8) is 0 Å². The molecule has 0 saturated heterocycles. The average molecular weight is 256 g/mol. The Hall–Kier alpha value is -1.33. The summed E-state index contributed by atoms with van der Waals surface area (Å²) in [5.74, 6) is 0. The van der Waals surface area contributed by atoms with Gasteiger partial charge in [-0.05, 0) is 43.9 Å². The molecule has 102 valence electrons. The van der Waals surface area contributed by atoms with E-state index in [9.17, 15) is 5.26 Å². The quantitative estimate of drug-likeness (QED) is 0.780. The first-order chi connectivity index (χ1) is 9.17. The van der Waals surface area contributed by atoms with E-state index < -0.39 is 0 Å². The van der Waals surface area contributed by atoms with Gasteiger partial charge in [-0.1, -0.05) is 37.6 Å². The second kappa shape index (κ2) is 6.21. The van der Waals surface area contributed by atoms with Crippen molar-refractivity contribution in [3.05, 3.63) is 35.4 Å². The highest BCUT2D eigenvalue weighted by Gasteiger charge is 2.37. The van der Waals surface area contributed by atoms with Gasteiger partial charge < -0.3 is 4.90 Å². The van der Waals surface area contributed by atoms with Crippen molar-refractivity contribution < 1.29 is 0 Å². The summed E-state index contributed by atoms with van der Waals surface area (Å²) < 4.78 is 0. The van der Waals surface area contributed by atoms with Crippen LogP contribution in [0.4, 0.5) is 0 Å². The van der Waals surface area contributed by atoms with Gasteiger partial charge in [0.15, 0.2) is 0 Å². The van der Waals surface area contributed by atoms with Crippen molar-refractivity contribution in [2.45, 2.75) is 39.0 Å². The fraction of sp³-hybridized carbons (Fsp3) is 0.588. The molecule has 0 bridgehead atoms. The van der Waals surface area contributed by atoms with Crippen LogP contribution in [-0.4, -0.2) is 25.0 Å². The second-order valence-electron chi connectivity index (χ2n) is 5.90. The minimum atomic E-state index is -0.0409. The molecular weight excluding hydrogens is 232 g/mol. The van der Waals surface area contributed by atoms with Crippen molar-refractivity contribution >= 4 is 0 Å². The van der Waals surface area contributed by atoms with Gasteiger partial charge in [0, 0.05) is 13.1 Å². The summed E-state index contributed by atoms with van der Waals surface area (Å²) in [4.78, 5) is 2.32. The van der Waals surface area contributed by atoms with Crippen LogP contribution in [0, 0.1) is 16.7 Å². The molecule has 0 aromatic heterocycles. The maximum atomic E-state index is 9.25. The Morgan fingerprint density at radius 2 is 1.84 bits per heavy atom. The summed E-state index contributed by atoms with van der Waals surface area (Å²) in [5, 5.41) is 9.25. The van der Waals surface area contributed by atoms with Gasteiger partial charge in [0.1, 0.15) is 0 Å². The Morgan fingerprint density at radius 3 is 2.32 bits per heavy atom. The number of rotatable bonds is 6. The van der Waals surface area contributed by atoms with Crippen LogP contribution in [0.25, 0.3) is 0 Å². The van der Waals surface area contributed by atoms with E-state index in [4.69, 9.17) is 0 Å². The highest BCUT2D eigenvalue weighted by molar-refractivity contribution is 5.22. The van der Waals surface area contributed by atoms with Crippen LogP contribution in [0.3, 0.4) is 0 Å². The normalized spacial score (nSPS) is 16.9. The molecule has 1 aliphatic carbocycles. The predicted octanol–water partition coefficient (Wildman–Crippen LogP) is 3.42. The first-order valence-corrected chi connectivity index (χ1v) is 7.35. The smallest absolute Gasteiger partial charge is 0.0703 e. The minimum absolute atomic E-state index is 0.0409. The molecule has 2 nitrogen and oxygen atoms in total. The number of hydrogen-bond donors (Lipinski definition) is 0. The maximum absolute atomic E-state index is 9.25. The fourth-order valence-electron chi connectivity index (χ4n) is 2.77. The second-order valence-corrected chi connectivity index (χ2v) is 5.90. The molecule has 1 aliphatic rings. The molecule has 2 rings (SSSR count). The minimum Gasteiger partial charge on any atom is -0.304 e.